The van der Waals surface area contributed by atoms with Crippen molar-refractivity contribution in [3.8, 4) is 11.5 Å². The Kier molecular flexibility index (Phi) is 7.69. The van der Waals surface area contributed by atoms with Crippen LogP contribution in [-0.2, 0) is 0 Å². The maximum atomic E-state index is 6.09. The van der Waals surface area contributed by atoms with Crippen molar-refractivity contribution < 1.29 is 9.47 Å². The Morgan fingerprint density at radius 3 is 1.82 bits per heavy atom. The van der Waals surface area contributed by atoms with E-state index in [1.807, 2.05) is 0 Å². The molecule has 3 heterocycles. The Bertz CT molecular complexity index is 1020. The standard InChI is InChI=1S/C28H39N3O2/c1-3-13-30(14-4-1)17-7-19-32-23-10-12-27-26(21-23)25-11-9-24(22-28(25)29-27)33-20-8-18-31-15-5-2-6-16-31/h9-12,21-22,29H,1-8,13-20H2. The summed E-state index contributed by atoms with van der Waals surface area (Å²) in [5, 5.41) is 2.44. The molecule has 0 radical (unpaired) electrons. The molecule has 2 aliphatic rings. The molecule has 0 saturated carbocycles. The zero-order valence-corrected chi connectivity index (χ0v) is 20.0. The van der Waals surface area contributed by atoms with Crippen LogP contribution in [0.1, 0.15) is 51.4 Å². The fourth-order valence-corrected chi connectivity index (χ4v) is 5.36. The number of H-pyrrole nitrogens is 1. The van der Waals surface area contributed by atoms with Crippen LogP contribution >= 0.6 is 0 Å². The highest BCUT2D eigenvalue weighted by molar-refractivity contribution is 6.08. The van der Waals surface area contributed by atoms with Gasteiger partial charge in [-0.3, -0.25) is 0 Å². The van der Waals surface area contributed by atoms with E-state index < -0.39 is 0 Å². The smallest absolute Gasteiger partial charge is 0.121 e. The van der Waals surface area contributed by atoms with E-state index in [9.17, 15) is 0 Å². The molecule has 5 rings (SSSR count). The highest BCUT2D eigenvalue weighted by Gasteiger charge is 2.11. The highest BCUT2D eigenvalue weighted by atomic mass is 16.5. The van der Waals surface area contributed by atoms with E-state index in [1.54, 1.807) is 0 Å². The number of benzene rings is 2. The zero-order valence-electron chi connectivity index (χ0n) is 20.0. The highest BCUT2D eigenvalue weighted by Crippen LogP contribution is 2.31. The summed E-state index contributed by atoms with van der Waals surface area (Å²) < 4.78 is 12.2. The number of aromatic nitrogens is 1. The quantitative estimate of drug-likeness (QED) is 0.395. The average molecular weight is 450 g/mol. The number of aromatic amines is 1. The van der Waals surface area contributed by atoms with Crippen molar-refractivity contribution in [2.75, 3.05) is 52.5 Å². The Morgan fingerprint density at radius 1 is 0.606 bits per heavy atom. The van der Waals surface area contributed by atoms with Crippen molar-refractivity contribution in [2.24, 2.45) is 0 Å². The minimum atomic E-state index is 0.775. The molecule has 0 unspecified atom stereocenters. The van der Waals surface area contributed by atoms with E-state index >= 15 is 0 Å². The summed E-state index contributed by atoms with van der Waals surface area (Å²) in [4.78, 5) is 8.69. The largest absolute Gasteiger partial charge is 0.494 e. The minimum absolute atomic E-state index is 0.775. The van der Waals surface area contributed by atoms with E-state index in [4.69, 9.17) is 9.47 Å². The van der Waals surface area contributed by atoms with Crippen molar-refractivity contribution in [3.05, 3.63) is 36.4 Å². The Hall–Kier alpha value is -2.24. The maximum absolute atomic E-state index is 6.09. The van der Waals surface area contributed by atoms with Crippen molar-refractivity contribution in [1.82, 2.24) is 14.8 Å². The summed E-state index contributed by atoms with van der Waals surface area (Å²) in [5.74, 6) is 1.90. The number of hydrogen-bond donors (Lipinski definition) is 1. The van der Waals surface area contributed by atoms with Gasteiger partial charge in [-0.25, -0.2) is 0 Å². The first-order valence-electron chi connectivity index (χ1n) is 13.1. The van der Waals surface area contributed by atoms with Gasteiger partial charge in [0.25, 0.3) is 0 Å². The number of rotatable bonds is 10. The third kappa shape index (κ3) is 6.01. The summed E-state index contributed by atoms with van der Waals surface area (Å²) in [7, 11) is 0. The van der Waals surface area contributed by atoms with Gasteiger partial charge in [-0.1, -0.05) is 12.8 Å². The van der Waals surface area contributed by atoms with E-state index in [0.29, 0.717) is 0 Å². The molecule has 0 spiro atoms. The van der Waals surface area contributed by atoms with Crippen molar-refractivity contribution in [1.29, 1.82) is 0 Å². The van der Waals surface area contributed by atoms with Crippen molar-refractivity contribution in [2.45, 2.75) is 51.4 Å². The van der Waals surface area contributed by atoms with Crippen molar-refractivity contribution >= 4 is 21.8 Å². The van der Waals surface area contributed by atoms with Crippen LogP contribution in [0.25, 0.3) is 21.8 Å². The van der Waals surface area contributed by atoms with Gasteiger partial charge in [-0.15, -0.1) is 0 Å². The lowest BCUT2D eigenvalue weighted by Gasteiger charge is -2.26. The molecule has 1 N–H and O–H groups in total. The molecule has 2 aliphatic heterocycles. The molecule has 178 valence electrons. The van der Waals surface area contributed by atoms with E-state index in [2.05, 4.69) is 51.2 Å². The third-order valence-electron chi connectivity index (χ3n) is 7.21. The molecule has 0 atom stereocenters. The van der Waals surface area contributed by atoms with Gasteiger partial charge >= 0.3 is 0 Å². The fourth-order valence-electron chi connectivity index (χ4n) is 5.36. The van der Waals surface area contributed by atoms with Crippen LogP contribution in [0.5, 0.6) is 11.5 Å². The van der Waals surface area contributed by atoms with E-state index in [1.165, 1.54) is 75.5 Å². The SMILES string of the molecule is c1cc2c(cc1OCCCN1CCCCC1)[nH]c1ccc(OCCCN3CCCCC3)cc12. The second-order valence-electron chi connectivity index (χ2n) is 9.75. The average Bonchev–Trinajstić information content (AvgIpc) is 3.23. The number of hydrogen-bond acceptors (Lipinski definition) is 4. The zero-order chi connectivity index (χ0) is 22.3. The van der Waals surface area contributed by atoms with Gasteiger partial charge in [-0.2, -0.15) is 0 Å². The van der Waals surface area contributed by atoms with Crippen LogP contribution in [-0.4, -0.2) is 67.3 Å². The fraction of sp³-hybridized carbons (Fsp3) is 0.571. The molecule has 2 saturated heterocycles. The molecule has 0 bridgehead atoms. The molecule has 0 aliphatic carbocycles. The van der Waals surface area contributed by atoms with Crippen LogP contribution < -0.4 is 9.47 Å². The van der Waals surface area contributed by atoms with E-state index in [-0.39, 0.29) is 0 Å². The van der Waals surface area contributed by atoms with Gasteiger partial charge in [0.05, 0.1) is 18.7 Å². The second kappa shape index (κ2) is 11.3. The van der Waals surface area contributed by atoms with Crippen LogP contribution in [0.4, 0.5) is 0 Å². The van der Waals surface area contributed by atoms with Gasteiger partial charge in [0.15, 0.2) is 0 Å². The first kappa shape index (κ1) is 22.5. The Labute approximate surface area is 198 Å². The summed E-state index contributed by atoms with van der Waals surface area (Å²) in [6.45, 7) is 8.87. The molecule has 2 fully saturated rings. The summed E-state index contributed by atoms with van der Waals surface area (Å²) in [5.41, 5.74) is 2.27. The van der Waals surface area contributed by atoms with Gasteiger partial charge < -0.3 is 24.3 Å². The van der Waals surface area contributed by atoms with Crippen molar-refractivity contribution in [3.63, 3.8) is 0 Å². The van der Waals surface area contributed by atoms with Gasteiger partial charge in [0.1, 0.15) is 11.5 Å². The third-order valence-corrected chi connectivity index (χ3v) is 7.21. The predicted molar refractivity (Wildman–Crippen MR) is 137 cm³/mol. The number of likely N-dealkylation sites (tertiary alicyclic amines) is 2. The number of nitrogens with zero attached hydrogens (tertiary/aromatic N) is 2. The van der Waals surface area contributed by atoms with Gasteiger partial charge in [0, 0.05) is 35.4 Å². The molecular weight excluding hydrogens is 410 g/mol. The first-order chi connectivity index (χ1) is 16.3. The molecule has 2 aromatic carbocycles. The number of nitrogens with one attached hydrogen (secondary N) is 1. The molecule has 0 amide bonds. The Balaban J connectivity index is 1.14. The molecule has 3 aromatic rings. The molecular formula is C28H39N3O2. The summed E-state index contributed by atoms with van der Waals surface area (Å²) in [6, 6.07) is 12.8. The monoisotopic (exact) mass is 449 g/mol. The van der Waals surface area contributed by atoms with Crippen LogP contribution in [0, 0.1) is 0 Å². The topological polar surface area (TPSA) is 40.7 Å². The molecule has 5 nitrogen and oxygen atoms in total. The molecule has 1 aromatic heterocycles. The maximum Gasteiger partial charge on any atom is 0.121 e. The number of fused-ring (bicyclic) bond motifs is 3. The Morgan fingerprint density at radius 2 is 1.18 bits per heavy atom. The molecule has 5 heteroatoms. The van der Waals surface area contributed by atoms with Crippen LogP contribution in [0.15, 0.2) is 36.4 Å². The molecule has 33 heavy (non-hydrogen) atoms. The summed E-state index contributed by atoms with van der Waals surface area (Å²) in [6.07, 6.45) is 10.4. The lowest BCUT2D eigenvalue weighted by atomic mass is 10.1. The minimum Gasteiger partial charge on any atom is -0.494 e. The first-order valence-corrected chi connectivity index (χ1v) is 13.1. The normalized spacial score (nSPS) is 18.2. The number of piperidine rings is 2. The summed E-state index contributed by atoms with van der Waals surface area (Å²) >= 11 is 0. The predicted octanol–water partition coefficient (Wildman–Crippen LogP) is 5.83. The lowest BCUT2D eigenvalue weighted by molar-refractivity contribution is 0.205. The van der Waals surface area contributed by atoms with Crippen LogP contribution in [0.2, 0.25) is 0 Å². The van der Waals surface area contributed by atoms with E-state index in [0.717, 1.165) is 61.7 Å². The lowest BCUT2D eigenvalue weighted by Crippen LogP contribution is -2.31. The second-order valence-corrected chi connectivity index (χ2v) is 9.75. The van der Waals surface area contributed by atoms with Crippen LogP contribution in [0.3, 0.4) is 0 Å². The van der Waals surface area contributed by atoms with Gasteiger partial charge in [-0.05, 0) is 95.0 Å². The number of ether oxygens (including phenoxy) is 2. The van der Waals surface area contributed by atoms with Gasteiger partial charge in [0.2, 0.25) is 0 Å².